The van der Waals surface area contributed by atoms with Crippen molar-refractivity contribution in [1.29, 1.82) is 0 Å². The predicted molar refractivity (Wildman–Crippen MR) is 84.7 cm³/mol. The van der Waals surface area contributed by atoms with Crippen molar-refractivity contribution >= 4 is 0 Å². The Balaban J connectivity index is 1.79. The molecule has 1 aromatic carbocycles. The van der Waals surface area contributed by atoms with E-state index < -0.39 is 0 Å². The highest BCUT2D eigenvalue weighted by molar-refractivity contribution is 5.33. The molecule has 2 atom stereocenters. The Kier molecular flexibility index (Phi) is 4.42. The summed E-state index contributed by atoms with van der Waals surface area (Å²) < 4.78 is 0. The number of nitrogens with zero attached hydrogens (tertiary/aromatic N) is 1. The van der Waals surface area contributed by atoms with Gasteiger partial charge in [-0.05, 0) is 43.4 Å². The molecule has 1 saturated carbocycles. The van der Waals surface area contributed by atoms with E-state index in [2.05, 4.69) is 36.1 Å². The summed E-state index contributed by atoms with van der Waals surface area (Å²) >= 11 is 0. The lowest BCUT2D eigenvalue weighted by atomic mass is 9.82. The third-order valence-electron chi connectivity index (χ3n) is 5.37. The first kappa shape index (κ1) is 14.1. The fourth-order valence-electron chi connectivity index (χ4n) is 4.33. The molecule has 2 heteroatoms. The van der Waals surface area contributed by atoms with E-state index in [4.69, 9.17) is 5.73 Å². The number of benzene rings is 1. The Morgan fingerprint density at radius 1 is 1.10 bits per heavy atom. The summed E-state index contributed by atoms with van der Waals surface area (Å²) in [6, 6.07) is 10.3. The Morgan fingerprint density at radius 2 is 1.85 bits per heavy atom. The van der Waals surface area contributed by atoms with E-state index in [0.717, 1.165) is 12.6 Å². The minimum Gasteiger partial charge on any atom is -0.323 e. The van der Waals surface area contributed by atoms with Gasteiger partial charge in [0.05, 0.1) is 0 Å². The molecular weight excluding hydrogens is 244 g/mol. The van der Waals surface area contributed by atoms with Gasteiger partial charge >= 0.3 is 0 Å². The second kappa shape index (κ2) is 6.28. The van der Waals surface area contributed by atoms with Crippen molar-refractivity contribution in [1.82, 2.24) is 4.90 Å². The van der Waals surface area contributed by atoms with E-state index in [0.29, 0.717) is 6.04 Å². The molecule has 0 radical (unpaired) electrons. The molecule has 0 aromatic heterocycles. The zero-order valence-electron chi connectivity index (χ0n) is 12.7. The summed E-state index contributed by atoms with van der Waals surface area (Å²) in [5.74, 6) is 0. The first-order valence-electron chi connectivity index (χ1n) is 8.40. The Hall–Kier alpha value is -0.860. The van der Waals surface area contributed by atoms with Crippen molar-refractivity contribution in [2.75, 3.05) is 6.54 Å². The van der Waals surface area contributed by atoms with Crippen LogP contribution in [-0.4, -0.2) is 23.5 Å². The molecule has 2 N–H and O–H groups in total. The normalized spacial score (nSPS) is 27.6. The minimum absolute atomic E-state index is 0.196. The molecule has 1 fully saturated rings. The molecule has 3 rings (SSSR count). The van der Waals surface area contributed by atoms with Gasteiger partial charge in [-0.15, -0.1) is 0 Å². The monoisotopic (exact) mass is 272 g/mol. The third-order valence-corrected chi connectivity index (χ3v) is 5.37. The summed E-state index contributed by atoms with van der Waals surface area (Å²) in [5.41, 5.74) is 9.49. The van der Waals surface area contributed by atoms with Gasteiger partial charge in [-0.1, -0.05) is 50.5 Å². The highest BCUT2D eigenvalue weighted by atomic mass is 15.2. The molecule has 0 saturated heterocycles. The maximum Gasteiger partial charge on any atom is 0.0456 e. The van der Waals surface area contributed by atoms with Gasteiger partial charge < -0.3 is 5.73 Å². The molecule has 2 unspecified atom stereocenters. The standard InChI is InChI=1S/C18H28N2/c1-2-20(15-9-4-3-5-10-15)17-13-12-14-8-6-7-11-16(14)18(17)19/h6-8,11,15,17-18H,2-5,9-10,12-13,19H2,1H3. The molecule has 2 nitrogen and oxygen atoms in total. The Labute approximate surface area is 123 Å². The Morgan fingerprint density at radius 3 is 2.60 bits per heavy atom. The van der Waals surface area contributed by atoms with Gasteiger partial charge in [-0.25, -0.2) is 0 Å². The number of aryl methyl sites for hydroxylation is 1. The smallest absolute Gasteiger partial charge is 0.0456 e. The summed E-state index contributed by atoms with van der Waals surface area (Å²) in [5, 5.41) is 0. The fraction of sp³-hybridized carbons (Fsp3) is 0.667. The average molecular weight is 272 g/mol. The van der Waals surface area contributed by atoms with Crippen LogP contribution in [0.15, 0.2) is 24.3 Å². The maximum absolute atomic E-state index is 6.63. The molecule has 1 aromatic rings. The minimum atomic E-state index is 0.196. The Bertz CT molecular complexity index is 437. The molecule has 0 spiro atoms. The van der Waals surface area contributed by atoms with Crippen LogP contribution in [0.2, 0.25) is 0 Å². The van der Waals surface area contributed by atoms with Crippen molar-refractivity contribution in [2.45, 2.75) is 70.0 Å². The maximum atomic E-state index is 6.63. The summed E-state index contributed by atoms with van der Waals surface area (Å²) in [7, 11) is 0. The van der Waals surface area contributed by atoms with Gasteiger partial charge in [-0.3, -0.25) is 4.90 Å². The van der Waals surface area contributed by atoms with E-state index in [1.165, 1.54) is 56.1 Å². The van der Waals surface area contributed by atoms with Crippen molar-refractivity contribution in [3.05, 3.63) is 35.4 Å². The third kappa shape index (κ3) is 2.64. The second-order valence-electron chi connectivity index (χ2n) is 6.45. The van der Waals surface area contributed by atoms with E-state index in [1.807, 2.05) is 0 Å². The first-order chi connectivity index (χ1) is 9.81. The SMILES string of the molecule is CCN(C1CCCCC1)C1CCc2ccccc2C1N. The zero-order valence-corrected chi connectivity index (χ0v) is 12.7. The lowest BCUT2D eigenvalue weighted by Crippen LogP contribution is -2.50. The van der Waals surface area contributed by atoms with Crippen LogP contribution in [-0.2, 0) is 6.42 Å². The quantitative estimate of drug-likeness (QED) is 0.910. The van der Waals surface area contributed by atoms with Crippen LogP contribution in [0.5, 0.6) is 0 Å². The van der Waals surface area contributed by atoms with Gasteiger partial charge in [-0.2, -0.15) is 0 Å². The van der Waals surface area contributed by atoms with Crippen LogP contribution < -0.4 is 5.73 Å². The van der Waals surface area contributed by atoms with E-state index in [1.54, 1.807) is 0 Å². The van der Waals surface area contributed by atoms with Crippen molar-refractivity contribution in [3.63, 3.8) is 0 Å². The number of hydrogen-bond donors (Lipinski definition) is 1. The first-order valence-corrected chi connectivity index (χ1v) is 8.40. The molecule has 0 bridgehead atoms. The van der Waals surface area contributed by atoms with E-state index >= 15 is 0 Å². The highest BCUT2D eigenvalue weighted by Gasteiger charge is 2.34. The number of likely N-dealkylation sites (N-methyl/N-ethyl adjacent to an activating group) is 1. The van der Waals surface area contributed by atoms with Crippen molar-refractivity contribution in [3.8, 4) is 0 Å². The van der Waals surface area contributed by atoms with Crippen molar-refractivity contribution < 1.29 is 0 Å². The van der Waals surface area contributed by atoms with Gasteiger partial charge in [0.2, 0.25) is 0 Å². The van der Waals surface area contributed by atoms with Crippen LogP contribution >= 0.6 is 0 Å². The molecule has 2 aliphatic carbocycles. The summed E-state index contributed by atoms with van der Waals surface area (Å²) in [6.07, 6.45) is 9.39. The molecule has 0 amide bonds. The molecule has 0 aliphatic heterocycles. The van der Waals surface area contributed by atoms with Gasteiger partial charge in [0.25, 0.3) is 0 Å². The predicted octanol–water partition coefficient (Wildman–Crippen LogP) is 3.66. The van der Waals surface area contributed by atoms with Gasteiger partial charge in [0, 0.05) is 18.1 Å². The second-order valence-corrected chi connectivity index (χ2v) is 6.45. The van der Waals surface area contributed by atoms with Crippen LogP contribution in [0.4, 0.5) is 0 Å². The fourth-order valence-corrected chi connectivity index (χ4v) is 4.33. The topological polar surface area (TPSA) is 29.3 Å². The number of hydrogen-bond acceptors (Lipinski definition) is 2. The average Bonchev–Trinajstić information content (AvgIpc) is 2.51. The zero-order chi connectivity index (χ0) is 13.9. The van der Waals surface area contributed by atoms with E-state index in [9.17, 15) is 0 Å². The van der Waals surface area contributed by atoms with Crippen molar-refractivity contribution in [2.24, 2.45) is 5.73 Å². The number of nitrogens with two attached hydrogens (primary N) is 1. The van der Waals surface area contributed by atoms with Gasteiger partial charge in [0.15, 0.2) is 0 Å². The van der Waals surface area contributed by atoms with Gasteiger partial charge in [0.1, 0.15) is 0 Å². The van der Waals surface area contributed by atoms with Crippen LogP contribution in [0.1, 0.15) is 62.6 Å². The summed E-state index contributed by atoms with van der Waals surface area (Å²) in [6.45, 7) is 3.45. The largest absolute Gasteiger partial charge is 0.323 e. The lowest BCUT2D eigenvalue weighted by molar-refractivity contribution is 0.0850. The van der Waals surface area contributed by atoms with E-state index in [-0.39, 0.29) is 6.04 Å². The molecule has 110 valence electrons. The highest BCUT2D eigenvalue weighted by Crippen LogP contribution is 2.34. The molecule has 20 heavy (non-hydrogen) atoms. The van der Waals surface area contributed by atoms with Crippen LogP contribution in [0.3, 0.4) is 0 Å². The molecule has 2 aliphatic rings. The number of rotatable bonds is 3. The molecular formula is C18H28N2. The molecule has 0 heterocycles. The summed E-state index contributed by atoms with van der Waals surface area (Å²) in [4.78, 5) is 2.72. The van der Waals surface area contributed by atoms with Crippen LogP contribution in [0, 0.1) is 0 Å². The lowest BCUT2D eigenvalue weighted by Gasteiger charge is -2.44. The van der Waals surface area contributed by atoms with Crippen LogP contribution in [0.25, 0.3) is 0 Å². The number of fused-ring (bicyclic) bond motifs is 1.